The lowest BCUT2D eigenvalue weighted by Gasteiger charge is -2.16. The Morgan fingerprint density at radius 2 is 1.77 bits per heavy atom. The van der Waals surface area contributed by atoms with Gasteiger partial charge in [0, 0.05) is 0 Å². The average molecular weight is 303 g/mol. The topological polar surface area (TPSA) is 47.6 Å². The van der Waals surface area contributed by atoms with Crippen LogP contribution in [0.15, 0.2) is 48.5 Å². The molecule has 0 aliphatic heterocycles. The van der Waals surface area contributed by atoms with E-state index in [1.54, 1.807) is 37.3 Å². The summed E-state index contributed by atoms with van der Waals surface area (Å²) in [5, 5.41) is 2.72. The van der Waals surface area contributed by atoms with Crippen LogP contribution in [0.4, 0.5) is 10.1 Å². The number of hydrogen-bond donors (Lipinski definition) is 1. The fourth-order valence-corrected chi connectivity index (χ4v) is 1.87. The van der Waals surface area contributed by atoms with Crippen LogP contribution in [0.1, 0.15) is 13.8 Å². The lowest BCUT2D eigenvalue weighted by Crippen LogP contribution is -2.30. The number of carbonyl (C=O) groups excluding carboxylic acids is 1. The first-order chi connectivity index (χ1) is 10.6. The van der Waals surface area contributed by atoms with Gasteiger partial charge in [-0.3, -0.25) is 4.79 Å². The molecule has 0 fully saturated rings. The number of benzene rings is 2. The number of para-hydroxylation sites is 3. The molecule has 2 rings (SSSR count). The lowest BCUT2D eigenvalue weighted by atomic mass is 10.2. The van der Waals surface area contributed by atoms with Crippen LogP contribution in [-0.2, 0) is 4.79 Å². The van der Waals surface area contributed by atoms with Crippen molar-refractivity contribution in [2.45, 2.75) is 20.0 Å². The Morgan fingerprint density at radius 1 is 1.14 bits per heavy atom. The van der Waals surface area contributed by atoms with Crippen LogP contribution in [0.3, 0.4) is 0 Å². The van der Waals surface area contributed by atoms with E-state index in [-0.39, 0.29) is 11.7 Å². The van der Waals surface area contributed by atoms with Crippen LogP contribution >= 0.6 is 0 Å². The second-order valence-corrected chi connectivity index (χ2v) is 4.61. The summed E-state index contributed by atoms with van der Waals surface area (Å²) in [6, 6.07) is 13.1. The van der Waals surface area contributed by atoms with Crippen molar-refractivity contribution in [3.8, 4) is 11.5 Å². The lowest BCUT2D eigenvalue weighted by molar-refractivity contribution is -0.122. The highest BCUT2D eigenvalue weighted by atomic mass is 19.1. The third kappa shape index (κ3) is 3.97. The Kier molecular flexibility index (Phi) is 5.36. The molecule has 0 aliphatic carbocycles. The molecule has 1 atom stereocenters. The van der Waals surface area contributed by atoms with Crippen molar-refractivity contribution >= 4 is 11.6 Å². The average Bonchev–Trinajstić information content (AvgIpc) is 2.51. The van der Waals surface area contributed by atoms with E-state index in [0.29, 0.717) is 18.0 Å². The predicted molar refractivity (Wildman–Crippen MR) is 82.7 cm³/mol. The number of nitrogens with one attached hydrogen (secondary N) is 1. The molecule has 0 spiro atoms. The quantitative estimate of drug-likeness (QED) is 0.886. The van der Waals surface area contributed by atoms with Gasteiger partial charge >= 0.3 is 0 Å². The molecule has 0 aromatic heterocycles. The van der Waals surface area contributed by atoms with E-state index < -0.39 is 11.9 Å². The molecule has 0 bridgehead atoms. The van der Waals surface area contributed by atoms with Crippen LogP contribution < -0.4 is 14.8 Å². The molecular formula is C17H18FNO3. The summed E-state index contributed by atoms with van der Waals surface area (Å²) in [6.45, 7) is 3.92. The van der Waals surface area contributed by atoms with Crippen molar-refractivity contribution in [3.63, 3.8) is 0 Å². The smallest absolute Gasteiger partial charge is 0.265 e. The maximum absolute atomic E-state index is 13.5. The summed E-state index contributed by atoms with van der Waals surface area (Å²) in [7, 11) is 0. The first-order valence-corrected chi connectivity index (χ1v) is 7.05. The molecule has 2 aromatic carbocycles. The Bertz CT molecular complexity index is 645. The van der Waals surface area contributed by atoms with Gasteiger partial charge in [0.05, 0.1) is 12.3 Å². The normalized spacial score (nSPS) is 11.6. The summed E-state index contributed by atoms with van der Waals surface area (Å²) in [5.74, 6) is -0.257. The van der Waals surface area contributed by atoms with Gasteiger partial charge in [-0.05, 0) is 38.1 Å². The van der Waals surface area contributed by atoms with Crippen molar-refractivity contribution in [1.29, 1.82) is 0 Å². The minimum atomic E-state index is -0.841. The number of carbonyl (C=O) groups is 1. The van der Waals surface area contributed by atoms with Crippen LogP contribution in [0.5, 0.6) is 11.5 Å². The molecule has 0 saturated heterocycles. The van der Waals surface area contributed by atoms with Crippen molar-refractivity contribution in [3.05, 3.63) is 54.3 Å². The summed E-state index contributed by atoms with van der Waals surface area (Å²) >= 11 is 0. The standard InChI is InChI=1S/C17H18FNO3/c1-3-21-16-11-7-5-9-14(16)19-17(20)12(2)22-15-10-6-4-8-13(15)18/h4-12H,3H2,1-2H3,(H,19,20)/t12-/m0/s1. The summed E-state index contributed by atoms with van der Waals surface area (Å²) < 4.78 is 24.3. The maximum atomic E-state index is 13.5. The van der Waals surface area contributed by atoms with Gasteiger partial charge in [-0.2, -0.15) is 0 Å². The zero-order valence-electron chi connectivity index (χ0n) is 12.5. The Hall–Kier alpha value is -2.56. The van der Waals surface area contributed by atoms with E-state index in [1.807, 2.05) is 13.0 Å². The van der Waals surface area contributed by atoms with Crippen LogP contribution in [-0.4, -0.2) is 18.6 Å². The van der Waals surface area contributed by atoms with Crippen molar-refractivity contribution < 1.29 is 18.7 Å². The molecule has 116 valence electrons. The third-order valence-corrected chi connectivity index (χ3v) is 2.95. The molecule has 5 heteroatoms. The van der Waals surface area contributed by atoms with E-state index >= 15 is 0 Å². The van der Waals surface area contributed by atoms with E-state index in [2.05, 4.69) is 5.32 Å². The van der Waals surface area contributed by atoms with Gasteiger partial charge in [-0.1, -0.05) is 24.3 Å². The highest BCUT2D eigenvalue weighted by molar-refractivity contribution is 5.95. The monoisotopic (exact) mass is 303 g/mol. The molecule has 0 heterocycles. The first-order valence-electron chi connectivity index (χ1n) is 7.05. The van der Waals surface area contributed by atoms with Crippen LogP contribution in [0.25, 0.3) is 0 Å². The van der Waals surface area contributed by atoms with E-state index in [0.717, 1.165) is 0 Å². The van der Waals surface area contributed by atoms with Crippen LogP contribution in [0, 0.1) is 5.82 Å². The SMILES string of the molecule is CCOc1ccccc1NC(=O)[C@H](C)Oc1ccccc1F. The molecule has 0 unspecified atom stereocenters. The number of halogens is 1. The van der Waals surface area contributed by atoms with Crippen molar-refractivity contribution in [2.24, 2.45) is 0 Å². The number of rotatable bonds is 6. The number of hydrogen-bond acceptors (Lipinski definition) is 3. The Labute approximate surface area is 128 Å². The highest BCUT2D eigenvalue weighted by Gasteiger charge is 2.17. The summed E-state index contributed by atoms with van der Waals surface area (Å²) in [5.41, 5.74) is 0.554. The van der Waals surface area contributed by atoms with Gasteiger partial charge in [-0.25, -0.2) is 4.39 Å². The zero-order chi connectivity index (χ0) is 15.9. The maximum Gasteiger partial charge on any atom is 0.265 e. The fourth-order valence-electron chi connectivity index (χ4n) is 1.87. The van der Waals surface area contributed by atoms with Crippen molar-refractivity contribution in [1.82, 2.24) is 0 Å². The molecule has 0 radical (unpaired) electrons. The second-order valence-electron chi connectivity index (χ2n) is 4.61. The first kappa shape index (κ1) is 15.8. The molecule has 0 saturated carbocycles. The molecule has 0 aliphatic rings. The fraction of sp³-hybridized carbons (Fsp3) is 0.235. The molecule has 1 N–H and O–H groups in total. The van der Waals surface area contributed by atoms with Gasteiger partial charge in [0.1, 0.15) is 5.75 Å². The molecule has 4 nitrogen and oxygen atoms in total. The minimum absolute atomic E-state index is 0.0447. The number of amides is 1. The largest absolute Gasteiger partial charge is 0.492 e. The van der Waals surface area contributed by atoms with Gasteiger partial charge < -0.3 is 14.8 Å². The second kappa shape index (κ2) is 7.45. The van der Waals surface area contributed by atoms with Gasteiger partial charge in [-0.15, -0.1) is 0 Å². The Balaban J connectivity index is 2.04. The van der Waals surface area contributed by atoms with E-state index in [1.165, 1.54) is 12.1 Å². The van der Waals surface area contributed by atoms with Gasteiger partial charge in [0.25, 0.3) is 5.91 Å². The van der Waals surface area contributed by atoms with Gasteiger partial charge in [0.2, 0.25) is 0 Å². The number of ether oxygens (including phenoxy) is 2. The molecule has 1 amide bonds. The van der Waals surface area contributed by atoms with Crippen LogP contribution in [0.2, 0.25) is 0 Å². The minimum Gasteiger partial charge on any atom is -0.492 e. The van der Waals surface area contributed by atoms with E-state index in [9.17, 15) is 9.18 Å². The molecule has 22 heavy (non-hydrogen) atoms. The molecular weight excluding hydrogens is 285 g/mol. The van der Waals surface area contributed by atoms with Gasteiger partial charge in [0.15, 0.2) is 17.7 Å². The third-order valence-electron chi connectivity index (χ3n) is 2.95. The number of anilines is 1. The highest BCUT2D eigenvalue weighted by Crippen LogP contribution is 2.24. The van der Waals surface area contributed by atoms with Crippen molar-refractivity contribution in [2.75, 3.05) is 11.9 Å². The molecule has 2 aromatic rings. The zero-order valence-corrected chi connectivity index (χ0v) is 12.5. The predicted octanol–water partition coefficient (Wildman–Crippen LogP) is 3.63. The van der Waals surface area contributed by atoms with E-state index in [4.69, 9.17) is 9.47 Å². The summed E-state index contributed by atoms with van der Waals surface area (Å²) in [6.07, 6.45) is -0.841. The Morgan fingerprint density at radius 3 is 2.45 bits per heavy atom. The summed E-state index contributed by atoms with van der Waals surface area (Å²) in [4.78, 5) is 12.2.